The molecule has 1 N–H and O–H groups in total. The molecule has 12 heteroatoms. The number of carbonyl (C=O) groups is 1. The lowest BCUT2D eigenvalue weighted by Crippen LogP contribution is -2.40. The van der Waals surface area contributed by atoms with Gasteiger partial charge in [0.1, 0.15) is 0 Å². The van der Waals surface area contributed by atoms with Gasteiger partial charge in [-0.1, -0.05) is 57.9 Å². The Kier molecular flexibility index (Phi) is 9.10. The van der Waals surface area contributed by atoms with E-state index in [2.05, 4.69) is 26.5 Å². The molecular weight excluding hydrogens is 560 g/mol. The van der Waals surface area contributed by atoms with Crippen molar-refractivity contribution in [2.75, 3.05) is 13.1 Å². The van der Waals surface area contributed by atoms with Crippen LogP contribution < -0.4 is 5.43 Å². The molecule has 0 saturated carbocycles. The van der Waals surface area contributed by atoms with Gasteiger partial charge < -0.3 is 0 Å². The lowest BCUT2D eigenvalue weighted by atomic mass is 10.1. The topological polar surface area (TPSA) is 122 Å². The number of nitro groups is 1. The minimum absolute atomic E-state index is 0.0495. The van der Waals surface area contributed by atoms with Crippen molar-refractivity contribution < 1.29 is 18.1 Å². The number of hydrazone groups is 1. The van der Waals surface area contributed by atoms with Gasteiger partial charge in [0.15, 0.2) is 0 Å². The van der Waals surface area contributed by atoms with E-state index in [0.29, 0.717) is 6.42 Å². The fourth-order valence-corrected chi connectivity index (χ4v) is 4.88. The summed E-state index contributed by atoms with van der Waals surface area (Å²) in [4.78, 5) is 23.0. The molecule has 0 saturated heterocycles. The second kappa shape index (κ2) is 12.0. The third-order valence-corrected chi connectivity index (χ3v) is 7.58. The maximum absolute atomic E-state index is 13.3. The Morgan fingerprint density at radius 3 is 2.46 bits per heavy atom. The van der Waals surface area contributed by atoms with E-state index in [1.807, 2.05) is 30.3 Å². The van der Waals surface area contributed by atoms with Crippen LogP contribution in [-0.2, 0) is 21.2 Å². The third kappa shape index (κ3) is 7.43. The molecule has 35 heavy (non-hydrogen) atoms. The number of nitro benzene ring substituents is 1. The first-order valence-electron chi connectivity index (χ1n) is 10.2. The first-order valence-corrected chi connectivity index (χ1v) is 12.8. The normalized spacial score (nSPS) is 11.6. The molecule has 9 nitrogen and oxygen atoms in total. The molecule has 0 spiro atoms. The summed E-state index contributed by atoms with van der Waals surface area (Å²) in [7, 11) is -3.98. The van der Waals surface area contributed by atoms with Crippen molar-refractivity contribution in [2.24, 2.45) is 5.10 Å². The molecule has 3 aromatic carbocycles. The molecule has 0 aliphatic rings. The number of benzene rings is 3. The van der Waals surface area contributed by atoms with E-state index in [9.17, 15) is 23.3 Å². The second-order valence-electron chi connectivity index (χ2n) is 7.28. The summed E-state index contributed by atoms with van der Waals surface area (Å²) in [6.07, 6.45) is 1.56. The van der Waals surface area contributed by atoms with Crippen molar-refractivity contribution >= 4 is 55.4 Å². The number of carbonyl (C=O) groups excluding carboxylic acids is 1. The van der Waals surface area contributed by atoms with Crippen molar-refractivity contribution in [1.29, 1.82) is 0 Å². The van der Waals surface area contributed by atoms with Gasteiger partial charge in [0.25, 0.3) is 11.6 Å². The lowest BCUT2D eigenvalue weighted by molar-refractivity contribution is -0.384. The van der Waals surface area contributed by atoms with Gasteiger partial charge in [0.2, 0.25) is 10.0 Å². The number of halogens is 2. The molecule has 0 heterocycles. The Morgan fingerprint density at radius 1 is 1.11 bits per heavy atom. The van der Waals surface area contributed by atoms with Crippen LogP contribution in [0.2, 0.25) is 5.02 Å². The van der Waals surface area contributed by atoms with E-state index < -0.39 is 27.4 Å². The van der Waals surface area contributed by atoms with E-state index in [1.165, 1.54) is 30.3 Å². The fourth-order valence-electron chi connectivity index (χ4n) is 3.05. The molecule has 0 atom stereocenters. The van der Waals surface area contributed by atoms with Gasteiger partial charge >= 0.3 is 0 Å². The van der Waals surface area contributed by atoms with Crippen LogP contribution in [0.25, 0.3) is 0 Å². The quantitative estimate of drug-likeness (QED) is 0.217. The van der Waals surface area contributed by atoms with Crippen molar-refractivity contribution in [3.63, 3.8) is 0 Å². The Labute approximate surface area is 215 Å². The van der Waals surface area contributed by atoms with Gasteiger partial charge in [-0.15, -0.1) is 0 Å². The summed E-state index contributed by atoms with van der Waals surface area (Å²) in [5.41, 5.74) is 3.22. The first kappa shape index (κ1) is 26.5. The first-order chi connectivity index (χ1) is 16.7. The van der Waals surface area contributed by atoms with Gasteiger partial charge in [0.05, 0.1) is 22.6 Å². The average Bonchev–Trinajstić information content (AvgIpc) is 2.83. The van der Waals surface area contributed by atoms with Crippen LogP contribution in [0.15, 0.2) is 87.3 Å². The summed E-state index contributed by atoms with van der Waals surface area (Å²) >= 11 is 9.30. The molecule has 182 valence electrons. The van der Waals surface area contributed by atoms with E-state index in [4.69, 9.17) is 11.6 Å². The molecule has 0 fully saturated rings. The summed E-state index contributed by atoms with van der Waals surface area (Å²) < 4.78 is 28.3. The molecule has 0 aliphatic heterocycles. The lowest BCUT2D eigenvalue weighted by Gasteiger charge is -2.21. The van der Waals surface area contributed by atoms with Gasteiger partial charge in [0, 0.05) is 33.7 Å². The maximum atomic E-state index is 13.3. The van der Waals surface area contributed by atoms with Gasteiger partial charge in [-0.2, -0.15) is 9.41 Å². The minimum Gasteiger partial charge on any atom is -0.272 e. The molecule has 1 amide bonds. The van der Waals surface area contributed by atoms with Gasteiger partial charge in [-0.05, 0) is 42.3 Å². The number of rotatable bonds is 10. The molecule has 3 aromatic rings. The molecule has 0 radical (unpaired) electrons. The Hall–Kier alpha value is -3.12. The predicted octanol–water partition coefficient (Wildman–Crippen LogP) is 4.39. The van der Waals surface area contributed by atoms with Crippen molar-refractivity contribution in [3.05, 3.63) is 104 Å². The number of hydrogen-bond acceptors (Lipinski definition) is 6. The number of non-ortho nitro benzene ring substituents is 1. The Bertz CT molecular complexity index is 1340. The standard InChI is InChI=1S/C23H20BrClN4O5S/c24-19-6-9-21(10-7-19)35(33,34)28(13-12-17-4-2-1-3-5-17)16-23(30)27-26-15-18-14-20(29(31)32)8-11-22(18)25/h1-11,14-15H,12-13,16H2,(H,27,30)/b26-15-. The number of hydrogen-bond donors (Lipinski definition) is 1. The molecular formula is C23H20BrClN4O5S. The monoisotopic (exact) mass is 578 g/mol. The highest BCUT2D eigenvalue weighted by atomic mass is 79.9. The smallest absolute Gasteiger partial charge is 0.270 e. The highest BCUT2D eigenvalue weighted by Gasteiger charge is 2.26. The van der Waals surface area contributed by atoms with Crippen LogP contribution in [0.3, 0.4) is 0 Å². The number of sulfonamides is 1. The zero-order valence-electron chi connectivity index (χ0n) is 18.2. The number of amides is 1. The SMILES string of the molecule is O=C(CN(CCc1ccccc1)S(=O)(=O)c1ccc(Br)cc1)N/N=C\c1cc([N+](=O)[O-])ccc1Cl. The predicted molar refractivity (Wildman–Crippen MR) is 137 cm³/mol. The number of nitrogens with zero attached hydrogens (tertiary/aromatic N) is 3. The fraction of sp³-hybridized carbons (Fsp3) is 0.130. The number of nitrogens with one attached hydrogen (secondary N) is 1. The van der Waals surface area contributed by atoms with E-state index >= 15 is 0 Å². The van der Waals surface area contributed by atoms with Crippen molar-refractivity contribution in [1.82, 2.24) is 9.73 Å². The summed E-state index contributed by atoms with van der Waals surface area (Å²) in [6.45, 7) is -0.415. The van der Waals surface area contributed by atoms with Crippen LogP contribution in [-0.4, -0.2) is 42.9 Å². The molecule has 0 unspecified atom stereocenters. The summed E-state index contributed by atoms with van der Waals surface area (Å²) in [6, 6.07) is 19.2. The van der Waals surface area contributed by atoms with Gasteiger partial charge in [-0.3, -0.25) is 14.9 Å². The molecule has 3 rings (SSSR count). The van der Waals surface area contributed by atoms with Crippen LogP contribution in [0, 0.1) is 10.1 Å². The van der Waals surface area contributed by atoms with E-state index in [-0.39, 0.29) is 27.7 Å². The molecule has 0 aliphatic carbocycles. The zero-order chi connectivity index (χ0) is 25.4. The van der Waals surface area contributed by atoms with Crippen molar-refractivity contribution in [2.45, 2.75) is 11.3 Å². The maximum Gasteiger partial charge on any atom is 0.270 e. The van der Waals surface area contributed by atoms with Crippen LogP contribution in [0.5, 0.6) is 0 Å². The zero-order valence-corrected chi connectivity index (χ0v) is 21.3. The largest absolute Gasteiger partial charge is 0.272 e. The summed E-state index contributed by atoms with van der Waals surface area (Å²) in [5.74, 6) is -0.684. The summed E-state index contributed by atoms with van der Waals surface area (Å²) in [5, 5.41) is 14.9. The average molecular weight is 580 g/mol. The Balaban J connectivity index is 1.75. The van der Waals surface area contributed by atoms with Crippen molar-refractivity contribution in [3.8, 4) is 0 Å². The van der Waals surface area contributed by atoms with Crippen LogP contribution in [0.1, 0.15) is 11.1 Å². The van der Waals surface area contributed by atoms with Gasteiger partial charge in [-0.25, -0.2) is 13.8 Å². The molecule has 0 aromatic heterocycles. The highest BCUT2D eigenvalue weighted by molar-refractivity contribution is 9.10. The Morgan fingerprint density at radius 2 is 1.80 bits per heavy atom. The van der Waals surface area contributed by atoms with Crippen LogP contribution >= 0.6 is 27.5 Å². The van der Waals surface area contributed by atoms with E-state index in [1.54, 1.807) is 12.1 Å². The second-order valence-corrected chi connectivity index (χ2v) is 10.5. The minimum atomic E-state index is -3.98. The van der Waals surface area contributed by atoms with E-state index in [0.717, 1.165) is 20.6 Å². The third-order valence-electron chi connectivity index (χ3n) is 4.85. The molecule has 0 bridgehead atoms. The highest BCUT2D eigenvalue weighted by Crippen LogP contribution is 2.21. The van der Waals surface area contributed by atoms with Crippen LogP contribution in [0.4, 0.5) is 5.69 Å².